The molecule has 18 heavy (non-hydrogen) atoms. The molecular weight excluding hydrogens is 228 g/mol. The molecule has 0 fully saturated rings. The first-order chi connectivity index (χ1) is 8.78. The molecule has 0 radical (unpaired) electrons. The van der Waals surface area contributed by atoms with Crippen LogP contribution in [0.3, 0.4) is 0 Å². The van der Waals surface area contributed by atoms with Crippen molar-refractivity contribution in [2.45, 2.75) is 0 Å². The maximum absolute atomic E-state index is 10.7. The number of hydrogen-bond acceptors (Lipinski definition) is 3. The summed E-state index contributed by atoms with van der Waals surface area (Å²) in [5.41, 5.74) is 1.94. The van der Waals surface area contributed by atoms with E-state index in [1.54, 1.807) is 36.4 Å². The first kappa shape index (κ1) is 10.6. The smallest absolute Gasteiger partial charge is 0.150 e. The summed E-state index contributed by atoms with van der Waals surface area (Å²) in [6.45, 7) is 0. The molecule has 1 aromatic heterocycles. The Labute approximate surface area is 103 Å². The molecule has 0 bridgehead atoms. The van der Waals surface area contributed by atoms with Crippen LogP contribution in [0.25, 0.3) is 22.3 Å². The topological polar surface area (TPSA) is 50.4 Å². The van der Waals surface area contributed by atoms with Crippen LogP contribution >= 0.6 is 0 Å². The van der Waals surface area contributed by atoms with Crippen LogP contribution in [0, 0.1) is 0 Å². The molecule has 1 N–H and O–H groups in total. The fourth-order valence-corrected chi connectivity index (χ4v) is 1.95. The molecule has 0 unspecified atom stereocenters. The Morgan fingerprint density at radius 1 is 1.06 bits per heavy atom. The van der Waals surface area contributed by atoms with E-state index in [0.717, 1.165) is 11.7 Å². The van der Waals surface area contributed by atoms with Gasteiger partial charge in [0.2, 0.25) is 0 Å². The van der Waals surface area contributed by atoms with Gasteiger partial charge in [-0.3, -0.25) is 4.79 Å². The molecule has 0 saturated heterocycles. The number of aromatic hydroxyl groups is 1. The number of furan rings is 1. The van der Waals surface area contributed by atoms with Gasteiger partial charge in [0.05, 0.1) is 5.56 Å². The van der Waals surface area contributed by atoms with Gasteiger partial charge < -0.3 is 9.52 Å². The number of phenols is 1. The molecule has 3 rings (SSSR count). The molecular formula is C15H10O3. The zero-order chi connectivity index (χ0) is 12.5. The van der Waals surface area contributed by atoms with Gasteiger partial charge in [-0.25, -0.2) is 0 Å². The molecule has 88 valence electrons. The predicted molar refractivity (Wildman–Crippen MR) is 68.7 cm³/mol. The molecule has 1 heterocycles. The average molecular weight is 238 g/mol. The minimum absolute atomic E-state index is 0.173. The van der Waals surface area contributed by atoms with Gasteiger partial charge in [0.1, 0.15) is 23.4 Å². The Kier molecular flexibility index (Phi) is 2.38. The summed E-state index contributed by atoms with van der Waals surface area (Å²) in [7, 11) is 0. The Hall–Kier alpha value is -2.55. The number of para-hydroxylation sites is 1. The van der Waals surface area contributed by atoms with Crippen LogP contribution in [0.15, 0.2) is 52.9 Å². The minimum Gasteiger partial charge on any atom is -0.507 e. The summed E-state index contributed by atoms with van der Waals surface area (Å²) in [5.74, 6) is 0.762. The summed E-state index contributed by atoms with van der Waals surface area (Å²) in [6, 6.07) is 14.0. The van der Waals surface area contributed by atoms with E-state index >= 15 is 0 Å². The van der Waals surface area contributed by atoms with Gasteiger partial charge in [-0.2, -0.15) is 0 Å². The number of hydrogen-bond donors (Lipinski definition) is 1. The van der Waals surface area contributed by atoms with E-state index in [1.165, 1.54) is 0 Å². The van der Waals surface area contributed by atoms with Gasteiger partial charge in [-0.05, 0) is 36.4 Å². The quantitative estimate of drug-likeness (QED) is 0.694. The molecule has 3 aromatic rings. The lowest BCUT2D eigenvalue weighted by molar-refractivity contribution is 0.112. The Balaban J connectivity index is 2.19. The zero-order valence-corrected chi connectivity index (χ0v) is 9.46. The van der Waals surface area contributed by atoms with Gasteiger partial charge in [0.15, 0.2) is 0 Å². The summed E-state index contributed by atoms with van der Waals surface area (Å²) in [4.78, 5) is 10.7. The molecule has 2 aromatic carbocycles. The molecule has 0 aliphatic carbocycles. The third kappa shape index (κ3) is 1.66. The number of carbonyl (C=O) groups is 1. The maximum Gasteiger partial charge on any atom is 0.150 e. The van der Waals surface area contributed by atoms with Gasteiger partial charge in [-0.1, -0.05) is 12.1 Å². The Morgan fingerprint density at radius 3 is 2.67 bits per heavy atom. The first-order valence-electron chi connectivity index (χ1n) is 5.55. The monoisotopic (exact) mass is 238 g/mol. The molecule has 0 aliphatic rings. The fraction of sp³-hybridized carbons (Fsp3) is 0. The van der Waals surface area contributed by atoms with Crippen molar-refractivity contribution < 1.29 is 14.3 Å². The number of rotatable bonds is 2. The lowest BCUT2D eigenvalue weighted by Crippen LogP contribution is -1.75. The number of aldehydes is 1. The van der Waals surface area contributed by atoms with Crippen LogP contribution in [-0.2, 0) is 0 Å². The molecule has 3 heteroatoms. The van der Waals surface area contributed by atoms with Crippen molar-refractivity contribution in [1.82, 2.24) is 0 Å². The minimum atomic E-state index is 0.173. The van der Waals surface area contributed by atoms with E-state index in [0.29, 0.717) is 22.5 Å². The highest BCUT2D eigenvalue weighted by molar-refractivity contribution is 5.89. The zero-order valence-electron chi connectivity index (χ0n) is 9.46. The number of carbonyl (C=O) groups excluding carboxylic acids is 1. The van der Waals surface area contributed by atoms with Crippen LogP contribution in [-0.4, -0.2) is 11.4 Å². The summed E-state index contributed by atoms with van der Waals surface area (Å²) in [5, 5.41) is 10.6. The number of phenolic OH excluding ortho intramolecular Hbond substituents is 1. The average Bonchev–Trinajstić information content (AvgIpc) is 2.81. The summed E-state index contributed by atoms with van der Waals surface area (Å²) in [6.07, 6.45) is 0.798. The molecule has 0 atom stereocenters. The molecule has 0 amide bonds. The SMILES string of the molecule is O=Cc1ccc2oc(-c3ccccc3O)cc2c1. The van der Waals surface area contributed by atoms with Crippen LogP contribution in [0.4, 0.5) is 0 Å². The third-order valence-electron chi connectivity index (χ3n) is 2.85. The van der Waals surface area contributed by atoms with Gasteiger partial charge in [0, 0.05) is 10.9 Å². The van der Waals surface area contributed by atoms with Crippen molar-refractivity contribution in [1.29, 1.82) is 0 Å². The van der Waals surface area contributed by atoms with Crippen molar-refractivity contribution in [3.63, 3.8) is 0 Å². The highest BCUT2D eigenvalue weighted by Crippen LogP contribution is 2.33. The lowest BCUT2D eigenvalue weighted by atomic mass is 10.1. The highest BCUT2D eigenvalue weighted by atomic mass is 16.3. The molecule has 0 aliphatic heterocycles. The number of benzene rings is 2. The first-order valence-corrected chi connectivity index (χ1v) is 5.55. The third-order valence-corrected chi connectivity index (χ3v) is 2.85. The number of fused-ring (bicyclic) bond motifs is 1. The van der Waals surface area contributed by atoms with E-state index in [9.17, 15) is 9.90 Å². The molecule has 0 spiro atoms. The van der Waals surface area contributed by atoms with E-state index in [-0.39, 0.29) is 5.75 Å². The van der Waals surface area contributed by atoms with Crippen LogP contribution in [0.2, 0.25) is 0 Å². The van der Waals surface area contributed by atoms with Crippen LogP contribution in [0.1, 0.15) is 10.4 Å². The molecule has 3 nitrogen and oxygen atoms in total. The second kappa shape index (κ2) is 4.04. The van der Waals surface area contributed by atoms with Crippen molar-refractivity contribution in [2.24, 2.45) is 0 Å². The van der Waals surface area contributed by atoms with Crippen molar-refractivity contribution >= 4 is 17.3 Å². The van der Waals surface area contributed by atoms with E-state index in [4.69, 9.17) is 4.42 Å². The van der Waals surface area contributed by atoms with E-state index in [1.807, 2.05) is 12.1 Å². The van der Waals surface area contributed by atoms with Crippen LogP contribution < -0.4 is 0 Å². The lowest BCUT2D eigenvalue weighted by Gasteiger charge is -1.98. The molecule has 0 saturated carbocycles. The van der Waals surface area contributed by atoms with Gasteiger partial charge in [0.25, 0.3) is 0 Å². The van der Waals surface area contributed by atoms with E-state index in [2.05, 4.69) is 0 Å². The Morgan fingerprint density at radius 2 is 1.89 bits per heavy atom. The summed E-state index contributed by atoms with van der Waals surface area (Å²) >= 11 is 0. The van der Waals surface area contributed by atoms with Crippen molar-refractivity contribution in [3.8, 4) is 17.1 Å². The second-order valence-electron chi connectivity index (χ2n) is 4.04. The van der Waals surface area contributed by atoms with Crippen molar-refractivity contribution in [2.75, 3.05) is 0 Å². The van der Waals surface area contributed by atoms with Crippen molar-refractivity contribution in [3.05, 3.63) is 54.1 Å². The largest absolute Gasteiger partial charge is 0.507 e. The standard InChI is InChI=1S/C15H10O3/c16-9-10-5-6-14-11(7-10)8-15(18-14)12-3-1-2-4-13(12)17/h1-9,17H. The summed E-state index contributed by atoms with van der Waals surface area (Å²) < 4.78 is 5.66. The fourth-order valence-electron chi connectivity index (χ4n) is 1.95. The highest BCUT2D eigenvalue weighted by Gasteiger charge is 2.09. The van der Waals surface area contributed by atoms with Gasteiger partial charge >= 0.3 is 0 Å². The predicted octanol–water partition coefficient (Wildman–Crippen LogP) is 3.62. The van der Waals surface area contributed by atoms with Gasteiger partial charge in [-0.15, -0.1) is 0 Å². The maximum atomic E-state index is 10.7. The Bertz CT molecular complexity index is 725. The van der Waals surface area contributed by atoms with E-state index < -0.39 is 0 Å². The normalized spacial score (nSPS) is 10.7. The van der Waals surface area contributed by atoms with Crippen LogP contribution in [0.5, 0.6) is 5.75 Å². The second-order valence-corrected chi connectivity index (χ2v) is 4.04.